The van der Waals surface area contributed by atoms with Crippen LogP contribution in [0, 0.1) is 20.3 Å². The third-order valence-corrected chi connectivity index (χ3v) is 3.07. The minimum absolute atomic E-state index is 1.10. The van der Waals surface area contributed by atoms with Crippen LogP contribution in [0.25, 0.3) is 0 Å². The molecule has 0 fully saturated rings. The van der Waals surface area contributed by atoms with Gasteiger partial charge in [-0.1, -0.05) is 97.3 Å². The van der Waals surface area contributed by atoms with E-state index in [1.54, 1.807) is 0 Å². The molecule has 0 aromatic rings. The highest BCUT2D eigenvalue weighted by Gasteiger charge is 1.93. The predicted octanol–water partition coefficient (Wildman–Crippen LogP) is 5.93. The molecule has 0 unspecified atom stereocenters. The van der Waals surface area contributed by atoms with Gasteiger partial charge in [-0.25, -0.2) is 0 Å². The lowest BCUT2D eigenvalue weighted by atomic mass is 10.0. The second-order valence-electron chi connectivity index (χ2n) is 4.76. The maximum atomic E-state index is 3.87. The summed E-state index contributed by atoms with van der Waals surface area (Å²) in [5, 5.41) is 0. The number of hydrogen-bond acceptors (Lipinski definition) is 0. The Bertz CT molecular complexity index is 92.6. The zero-order valence-electron chi connectivity index (χ0n) is 11.2. The van der Waals surface area contributed by atoms with Crippen LogP contribution >= 0.6 is 0 Å². The van der Waals surface area contributed by atoms with Crippen LogP contribution in [0.15, 0.2) is 0 Å². The SMILES string of the molecule is [CH2]CCCC[CH]CCCCCCCCC[CH2]. The fourth-order valence-corrected chi connectivity index (χ4v) is 1.96. The summed E-state index contributed by atoms with van der Waals surface area (Å²) in [5.41, 5.74) is 0. The molecule has 95 valence electrons. The van der Waals surface area contributed by atoms with E-state index in [9.17, 15) is 0 Å². The van der Waals surface area contributed by atoms with Gasteiger partial charge in [0.2, 0.25) is 0 Å². The number of unbranched alkanes of at least 4 members (excludes halogenated alkanes) is 13. The van der Waals surface area contributed by atoms with Gasteiger partial charge in [-0.15, -0.1) is 0 Å². The van der Waals surface area contributed by atoms with Gasteiger partial charge in [0.25, 0.3) is 0 Å². The zero-order chi connectivity index (χ0) is 11.9. The molecular formula is C16H31. The van der Waals surface area contributed by atoms with E-state index in [0.29, 0.717) is 0 Å². The molecule has 16 heavy (non-hydrogen) atoms. The fourth-order valence-electron chi connectivity index (χ4n) is 1.96. The minimum Gasteiger partial charge on any atom is -0.0533 e. The second kappa shape index (κ2) is 15.0. The first-order chi connectivity index (χ1) is 7.91. The summed E-state index contributed by atoms with van der Waals surface area (Å²) < 4.78 is 0. The Morgan fingerprint density at radius 3 is 1.44 bits per heavy atom. The van der Waals surface area contributed by atoms with Gasteiger partial charge in [-0.3, -0.25) is 0 Å². The standard InChI is InChI=1S/C16H31/c1-3-5-7-9-11-13-15-16-14-12-10-8-6-4-2/h11H,1-10,12-16H2. The Morgan fingerprint density at radius 2 is 0.875 bits per heavy atom. The van der Waals surface area contributed by atoms with E-state index in [1.807, 2.05) is 0 Å². The Hall–Kier alpha value is 0. The molecule has 0 N–H and O–H groups in total. The van der Waals surface area contributed by atoms with Crippen LogP contribution in [-0.4, -0.2) is 0 Å². The molecule has 0 saturated carbocycles. The van der Waals surface area contributed by atoms with E-state index in [0.717, 1.165) is 12.8 Å². The molecule has 0 amide bonds. The average molecular weight is 223 g/mol. The molecule has 3 radical (unpaired) electrons. The third-order valence-electron chi connectivity index (χ3n) is 3.07. The Kier molecular flexibility index (Phi) is 15.0. The number of hydrogen-bond donors (Lipinski definition) is 0. The Labute approximate surface area is 104 Å². The van der Waals surface area contributed by atoms with Crippen molar-refractivity contribution >= 4 is 0 Å². The highest BCUT2D eigenvalue weighted by atomic mass is 14.0. The highest BCUT2D eigenvalue weighted by molar-refractivity contribution is 4.64. The van der Waals surface area contributed by atoms with Gasteiger partial charge in [-0.05, 0) is 6.42 Å². The van der Waals surface area contributed by atoms with Gasteiger partial charge in [0.15, 0.2) is 0 Å². The lowest BCUT2D eigenvalue weighted by molar-refractivity contribution is 0.574. The van der Waals surface area contributed by atoms with E-state index < -0.39 is 0 Å². The third kappa shape index (κ3) is 14.0. The van der Waals surface area contributed by atoms with E-state index in [2.05, 4.69) is 20.3 Å². The van der Waals surface area contributed by atoms with E-state index in [4.69, 9.17) is 0 Å². The summed E-state index contributed by atoms with van der Waals surface area (Å²) in [4.78, 5) is 0. The van der Waals surface area contributed by atoms with Crippen molar-refractivity contribution in [3.8, 4) is 0 Å². The normalized spacial score (nSPS) is 10.9. The average Bonchev–Trinajstić information content (AvgIpc) is 2.31. The molecule has 0 nitrogen and oxygen atoms in total. The van der Waals surface area contributed by atoms with Crippen molar-refractivity contribution in [2.75, 3.05) is 0 Å². The molecule has 0 aliphatic carbocycles. The molecule has 0 saturated heterocycles. The molecule has 0 atom stereocenters. The maximum Gasteiger partial charge on any atom is -0.0386 e. The highest BCUT2D eigenvalue weighted by Crippen LogP contribution is 2.11. The van der Waals surface area contributed by atoms with Gasteiger partial charge in [0, 0.05) is 0 Å². The summed E-state index contributed by atoms with van der Waals surface area (Å²) in [7, 11) is 0. The molecule has 0 heterocycles. The van der Waals surface area contributed by atoms with Crippen LogP contribution in [0.2, 0.25) is 0 Å². The van der Waals surface area contributed by atoms with Gasteiger partial charge >= 0.3 is 0 Å². The van der Waals surface area contributed by atoms with Crippen LogP contribution in [0.3, 0.4) is 0 Å². The molecule has 0 aliphatic heterocycles. The van der Waals surface area contributed by atoms with Crippen molar-refractivity contribution in [3.05, 3.63) is 20.3 Å². The van der Waals surface area contributed by atoms with Crippen LogP contribution < -0.4 is 0 Å². The van der Waals surface area contributed by atoms with Crippen molar-refractivity contribution in [3.63, 3.8) is 0 Å². The van der Waals surface area contributed by atoms with Crippen LogP contribution in [0.5, 0.6) is 0 Å². The molecular weight excluding hydrogens is 192 g/mol. The van der Waals surface area contributed by atoms with Crippen molar-refractivity contribution < 1.29 is 0 Å². The van der Waals surface area contributed by atoms with Gasteiger partial charge in [0.1, 0.15) is 0 Å². The van der Waals surface area contributed by atoms with Gasteiger partial charge in [-0.2, -0.15) is 0 Å². The molecule has 0 heteroatoms. The summed E-state index contributed by atoms with van der Waals surface area (Å²) in [5.74, 6) is 0. The van der Waals surface area contributed by atoms with E-state index >= 15 is 0 Å². The lowest BCUT2D eigenvalue weighted by Gasteiger charge is -2.02. The van der Waals surface area contributed by atoms with Crippen LogP contribution in [0.1, 0.15) is 83.5 Å². The van der Waals surface area contributed by atoms with E-state index in [1.165, 1.54) is 70.6 Å². The second-order valence-corrected chi connectivity index (χ2v) is 4.76. The quantitative estimate of drug-likeness (QED) is 0.339. The van der Waals surface area contributed by atoms with E-state index in [-0.39, 0.29) is 0 Å². The van der Waals surface area contributed by atoms with Crippen molar-refractivity contribution in [1.29, 1.82) is 0 Å². The lowest BCUT2D eigenvalue weighted by Crippen LogP contribution is -1.83. The zero-order valence-corrected chi connectivity index (χ0v) is 11.2. The summed E-state index contributed by atoms with van der Waals surface area (Å²) in [6, 6.07) is 0. The smallest absolute Gasteiger partial charge is 0.0386 e. The molecule has 0 aliphatic rings. The Balaban J connectivity index is 2.83. The van der Waals surface area contributed by atoms with Crippen molar-refractivity contribution in [1.82, 2.24) is 0 Å². The largest absolute Gasteiger partial charge is 0.0533 e. The topological polar surface area (TPSA) is 0 Å². The van der Waals surface area contributed by atoms with Gasteiger partial charge < -0.3 is 0 Å². The van der Waals surface area contributed by atoms with Crippen molar-refractivity contribution in [2.45, 2.75) is 83.5 Å². The molecule has 0 rings (SSSR count). The Morgan fingerprint density at radius 1 is 0.500 bits per heavy atom. The van der Waals surface area contributed by atoms with Crippen molar-refractivity contribution in [2.24, 2.45) is 0 Å². The fraction of sp³-hybridized carbons (Fsp3) is 0.812. The number of rotatable bonds is 13. The van der Waals surface area contributed by atoms with Crippen LogP contribution in [0.4, 0.5) is 0 Å². The van der Waals surface area contributed by atoms with Gasteiger partial charge in [0.05, 0.1) is 0 Å². The monoisotopic (exact) mass is 223 g/mol. The molecule has 0 aromatic heterocycles. The first-order valence-corrected chi connectivity index (χ1v) is 7.32. The molecule has 0 bridgehead atoms. The summed E-state index contributed by atoms with van der Waals surface area (Å²) in [6.45, 7) is 7.72. The minimum atomic E-state index is 1.10. The first kappa shape index (κ1) is 16.0. The maximum absolute atomic E-state index is 3.87. The molecule has 0 aromatic carbocycles. The summed E-state index contributed by atoms with van der Waals surface area (Å²) >= 11 is 0. The first-order valence-electron chi connectivity index (χ1n) is 7.32. The van der Waals surface area contributed by atoms with Crippen LogP contribution in [-0.2, 0) is 0 Å². The molecule has 0 spiro atoms. The summed E-state index contributed by atoms with van der Waals surface area (Å²) in [6.07, 6.45) is 19.8. The predicted molar refractivity (Wildman–Crippen MR) is 75.0 cm³/mol.